The number of nitrogens with two attached hydrogens (primary N) is 1. The Morgan fingerprint density at radius 1 is 0.885 bits per heavy atom. The van der Waals surface area contributed by atoms with Crippen LogP contribution in [0.5, 0.6) is 17.2 Å². The van der Waals surface area contributed by atoms with Crippen molar-refractivity contribution < 1.29 is 28.9 Å². The first-order valence-electron chi connectivity index (χ1n) is 19.7. The van der Waals surface area contributed by atoms with Crippen LogP contribution in [0.25, 0.3) is 11.1 Å². The second-order valence-electron chi connectivity index (χ2n) is 15.2. The summed E-state index contributed by atoms with van der Waals surface area (Å²) in [5.41, 5.74) is 13.9. The van der Waals surface area contributed by atoms with Crippen LogP contribution in [0.15, 0.2) is 121 Å². The van der Waals surface area contributed by atoms with Gasteiger partial charge in [-0.25, -0.2) is 4.98 Å². The Kier molecular flexibility index (Phi) is 12.4. The molecule has 6 aromatic rings. The number of aliphatic carboxylic acids is 1. The molecule has 0 radical (unpaired) electrons. The van der Waals surface area contributed by atoms with E-state index in [1.54, 1.807) is 36.5 Å². The summed E-state index contributed by atoms with van der Waals surface area (Å²) in [4.78, 5) is 32.7. The Labute approximate surface area is 363 Å². The fourth-order valence-electron chi connectivity index (χ4n) is 7.67. The highest BCUT2D eigenvalue weighted by atomic mass is 35.5. The minimum absolute atomic E-state index is 0.247. The molecule has 4 N–H and O–H groups in total. The molecular formula is C48H41Cl2N5O6. The number of carbonyl (C=O) groups is 2. The number of benzene rings is 5. The van der Waals surface area contributed by atoms with E-state index in [1.807, 2.05) is 84.9 Å². The summed E-state index contributed by atoms with van der Waals surface area (Å²) in [6, 6.07) is 36.6. The monoisotopic (exact) mass is 853 g/mol. The summed E-state index contributed by atoms with van der Waals surface area (Å²) >= 11 is 12.2. The number of hydrogen-bond donors (Lipinski definition) is 3. The number of amides is 1. The number of aromatic nitrogens is 1. The molecule has 3 atom stereocenters. The number of fused-ring (bicyclic) bond motifs is 2. The van der Waals surface area contributed by atoms with Crippen molar-refractivity contribution in [1.29, 1.82) is 5.26 Å². The van der Waals surface area contributed by atoms with Gasteiger partial charge in [-0.05, 0) is 112 Å². The van der Waals surface area contributed by atoms with Crippen molar-refractivity contribution in [1.82, 2.24) is 15.2 Å². The van der Waals surface area contributed by atoms with Crippen LogP contribution in [0.4, 0.5) is 5.82 Å². The number of nitrogen functional groups attached to an aromatic ring is 1. The van der Waals surface area contributed by atoms with Crippen LogP contribution in [0.3, 0.4) is 0 Å². The predicted molar refractivity (Wildman–Crippen MR) is 232 cm³/mol. The maximum atomic E-state index is 14.3. The zero-order valence-electron chi connectivity index (χ0n) is 32.9. The maximum Gasteiger partial charge on any atom is 0.305 e. The molecule has 1 amide bonds. The van der Waals surface area contributed by atoms with E-state index in [1.165, 1.54) is 0 Å². The van der Waals surface area contributed by atoms with Crippen molar-refractivity contribution in [2.45, 2.75) is 57.1 Å². The van der Waals surface area contributed by atoms with E-state index in [0.717, 1.165) is 44.5 Å². The average Bonchev–Trinajstić information content (AvgIpc) is 3.26. The SMILES string of the molecule is N#Cc1ccc(-c2ccc(CC(CC(=O)O)NC(=O)C3Cc4cc5c(cc4CN3Cc3ccc(N)nc3)OC(c3ccc(OCc4ccc(Cl)c(Cl)c4)cc3)CO5)cc2)cc1. The Morgan fingerprint density at radius 2 is 1.59 bits per heavy atom. The fourth-order valence-corrected chi connectivity index (χ4v) is 7.99. The highest BCUT2D eigenvalue weighted by molar-refractivity contribution is 6.42. The molecule has 0 fully saturated rings. The van der Waals surface area contributed by atoms with Crippen molar-refractivity contribution >= 4 is 40.9 Å². The van der Waals surface area contributed by atoms with Gasteiger partial charge in [-0.3, -0.25) is 14.5 Å². The fraction of sp³-hybridized carbons (Fsp3) is 0.208. The second kappa shape index (κ2) is 18.4. The molecule has 11 nitrogen and oxygen atoms in total. The number of rotatable bonds is 13. The molecule has 0 aliphatic carbocycles. The van der Waals surface area contributed by atoms with Crippen molar-refractivity contribution in [3.05, 3.63) is 170 Å². The standard InChI is InChI=1S/C48H41Cl2N5O6/c49-40-15-5-31(18-41(40)50)27-59-39-13-11-35(12-14-39)45-28-60-43-20-36-19-42(55(26-37(36)21-44(43)61-45)25-32-6-16-46(52)53-24-32)48(58)54-38(22-47(56)57)17-29-1-7-33(8-2-29)34-9-3-30(23-51)4-10-34/h1-16,18,20-21,24,38,42,45H,17,19,22,25-28H2,(H2,52,53)(H,54,58)(H,56,57). The van der Waals surface area contributed by atoms with E-state index in [9.17, 15) is 14.7 Å². The Hall–Kier alpha value is -6.58. The van der Waals surface area contributed by atoms with E-state index < -0.39 is 18.1 Å². The first kappa shape index (κ1) is 41.2. The van der Waals surface area contributed by atoms with Crippen molar-refractivity contribution in [2.24, 2.45) is 0 Å². The van der Waals surface area contributed by atoms with Gasteiger partial charge in [0.15, 0.2) is 17.6 Å². The minimum Gasteiger partial charge on any atom is -0.489 e. The Morgan fingerprint density at radius 3 is 2.28 bits per heavy atom. The van der Waals surface area contributed by atoms with Crippen LogP contribution in [-0.4, -0.2) is 45.6 Å². The number of ether oxygens (including phenoxy) is 3. The topological polar surface area (TPSA) is 160 Å². The smallest absolute Gasteiger partial charge is 0.305 e. The maximum absolute atomic E-state index is 14.3. The lowest BCUT2D eigenvalue weighted by atomic mass is 9.91. The van der Waals surface area contributed by atoms with Gasteiger partial charge >= 0.3 is 5.97 Å². The molecule has 5 aromatic carbocycles. The predicted octanol–water partition coefficient (Wildman–Crippen LogP) is 8.73. The quantitative estimate of drug-likeness (QED) is 0.103. The van der Waals surface area contributed by atoms with E-state index >= 15 is 0 Å². The molecule has 3 unspecified atom stereocenters. The van der Waals surface area contributed by atoms with E-state index in [0.29, 0.717) is 77.8 Å². The average molecular weight is 855 g/mol. The van der Waals surface area contributed by atoms with Crippen molar-refractivity contribution in [3.8, 4) is 34.4 Å². The third-order valence-electron chi connectivity index (χ3n) is 10.9. The molecular weight excluding hydrogens is 813 g/mol. The first-order chi connectivity index (χ1) is 29.6. The number of carboxylic acid groups (broad SMARTS) is 1. The molecule has 0 saturated heterocycles. The van der Waals surface area contributed by atoms with Crippen LogP contribution in [-0.2, 0) is 42.1 Å². The number of pyridine rings is 1. The van der Waals surface area contributed by atoms with Gasteiger partial charge in [0.1, 0.15) is 24.8 Å². The van der Waals surface area contributed by atoms with Crippen LogP contribution < -0.4 is 25.3 Å². The van der Waals surface area contributed by atoms with Crippen LogP contribution in [0.2, 0.25) is 10.0 Å². The number of halogens is 2. The summed E-state index contributed by atoms with van der Waals surface area (Å²) in [7, 11) is 0. The van der Waals surface area contributed by atoms with Gasteiger partial charge in [-0.2, -0.15) is 5.26 Å². The van der Waals surface area contributed by atoms with E-state index in [4.69, 9.17) is 48.4 Å². The Balaban J connectivity index is 0.970. The molecule has 61 heavy (non-hydrogen) atoms. The molecule has 1 aromatic heterocycles. The van der Waals surface area contributed by atoms with Gasteiger partial charge in [0, 0.05) is 25.3 Å². The molecule has 0 bridgehead atoms. The number of carboxylic acids is 1. The molecule has 3 heterocycles. The lowest BCUT2D eigenvalue weighted by Crippen LogP contribution is -2.52. The summed E-state index contributed by atoms with van der Waals surface area (Å²) in [5.74, 6) is 1.02. The van der Waals surface area contributed by atoms with E-state index in [2.05, 4.69) is 21.3 Å². The molecule has 8 rings (SSSR count). The van der Waals surface area contributed by atoms with Gasteiger partial charge < -0.3 is 30.4 Å². The highest BCUT2D eigenvalue weighted by Gasteiger charge is 2.35. The number of nitriles is 1. The van der Waals surface area contributed by atoms with Crippen molar-refractivity contribution in [2.75, 3.05) is 12.3 Å². The van der Waals surface area contributed by atoms with E-state index in [-0.39, 0.29) is 18.4 Å². The van der Waals surface area contributed by atoms with Gasteiger partial charge in [0.25, 0.3) is 0 Å². The summed E-state index contributed by atoms with van der Waals surface area (Å²) in [6.45, 7) is 1.46. The summed E-state index contributed by atoms with van der Waals surface area (Å²) in [6.07, 6.45) is 1.79. The third kappa shape index (κ3) is 10.1. The Bertz CT molecular complexity index is 2580. The van der Waals surface area contributed by atoms with Crippen LogP contribution in [0.1, 0.15) is 51.5 Å². The highest BCUT2D eigenvalue weighted by Crippen LogP contribution is 2.41. The lowest BCUT2D eigenvalue weighted by Gasteiger charge is -2.38. The van der Waals surface area contributed by atoms with Crippen LogP contribution in [0, 0.1) is 11.3 Å². The number of hydrogen-bond acceptors (Lipinski definition) is 9. The zero-order valence-corrected chi connectivity index (χ0v) is 34.4. The first-order valence-corrected chi connectivity index (χ1v) is 20.5. The number of carbonyl (C=O) groups excluding carboxylic acids is 1. The largest absolute Gasteiger partial charge is 0.489 e. The summed E-state index contributed by atoms with van der Waals surface area (Å²) < 4.78 is 18.8. The minimum atomic E-state index is -1.01. The second-order valence-corrected chi connectivity index (χ2v) is 16.0. The third-order valence-corrected chi connectivity index (χ3v) is 11.6. The molecule has 2 aliphatic rings. The zero-order chi connectivity index (χ0) is 42.5. The van der Waals surface area contributed by atoms with Gasteiger partial charge in [0.05, 0.1) is 34.1 Å². The number of nitrogens with zero attached hydrogens (tertiary/aromatic N) is 3. The van der Waals surface area contributed by atoms with Gasteiger partial charge in [-0.1, -0.05) is 83.9 Å². The summed E-state index contributed by atoms with van der Waals surface area (Å²) in [5, 5.41) is 23.1. The normalized spacial score (nSPS) is 16.1. The molecule has 0 spiro atoms. The molecule has 2 aliphatic heterocycles. The van der Waals surface area contributed by atoms with Crippen LogP contribution >= 0.6 is 23.2 Å². The molecule has 308 valence electrons. The van der Waals surface area contributed by atoms with Gasteiger partial charge in [-0.15, -0.1) is 0 Å². The molecule has 13 heteroatoms. The van der Waals surface area contributed by atoms with Gasteiger partial charge in [0.2, 0.25) is 5.91 Å². The molecule has 0 saturated carbocycles. The lowest BCUT2D eigenvalue weighted by molar-refractivity contribution is -0.138. The van der Waals surface area contributed by atoms with Crippen molar-refractivity contribution in [3.63, 3.8) is 0 Å². The number of nitrogens with one attached hydrogen (secondary N) is 1. The number of anilines is 1.